The van der Waals surface area contributed by atoms with Crippen molar-refractivity contribution in [1.29, 1.82) is 0 Å². The maximum Gasteiger partial charge on any atom is 0.104 e. The van der Waals surface area contributed by atoms with Crippen molar-refractivity contribution in [3.8, 4) is 5.69 Å². The zero-order chi connectivity index (χ0) is 13.4. The highest BCUT2D eigenvalue weighted by molar-refractivity contribution is 9.10. The summed E-state index contributed by atoms with van der Waals surface area (Å²) in [5.41, 5.74) is 10.2. The summed E-state index contributed by atoms with van der Waals surface area (Å²) in [6.07, 6.45) is 6.58. The van der Waals surface area contributed by atoms with Crippen molar-refractivity contribution in [2.24, 2.45) is 5.73 Å². The third-order valence-electron chi connectivity index (χ3n) is 3.52. The fourth-order valence-electron chi connectivity index (χ4n) is 2.53. The van der Waals surface area contributed by atoms with Gasteiger partial charge in [-0.05, 0) is 59.8 Å². The number of rotatable bonds is 2. The molecule has 0 fully saturated rings. The van der Waals surface area contributed by atoms with Crippen LogP contribution in [0, 0.1) is 0 Å². The normalized spacial score (nSPS) is 14.2. The number of hydrogen-bond donors (Lipinski definition) is 1. The maximum absolute atomic E-state index is 5.65. The molecule has 0 radical (unpaired) electrons. The van der Waals surface area contributed by atoms with Gasteiger partial charge >= 0.3 is 0 Å². The summed E-state index contributed by atoms with van der Waals surface area (Å²) in [5.74, 6) is 0. The van der Waals surface area contributed by atoms with E-state index in [0.717, 1.165) is 28.6 Å². The number of nitrogens with zero attached hydrogens (tertiary/aromatic N) is 2. The predicted molar refractivity (Wildman–Crippen MR) is 83.8 cm³/mol. The van der Waals surface area contributed by atoms with E-state index in [1.807, 2.05) is 24.5 Å². The van der Waals surface area contributed by atoms with Gasteiger partial charge in [-0.15, -0.1) is 0 Å². The molecule has 19 heavy (non-hydrogen) atoms. The smallest absolute Gasteiger partial charge is 0.104 e. The third kappa shape index (κ3) is 2.32. The van der Waals surface area contributed by atoms with E-state index in [0.29, 0.717) is 4.99 Å². The first-order valence-corrected chi connectivity index (χ1v) is 7.52. The standard InChI is InChI=1S/C14H14BrN3S/c15-10-7-9(14(16)19)5-6-12(10)18-8-17-11-3-1-2-4-13(11)18/h5-8H,1-4H2,(H2,16,19). The SMILES string of the molecule is NC(=S)c1ccc(-n2cnc3c2CCCC3)c(Br)c1. The van der Waals surface area contributed by atoms with Gasteiger partial charge in [0, 0.05) is 15.7 Å². The molecule has 0 spiro atoms. The number of halogens is 1. The van der Waals surface area contributed by atoms with Crippen LogP contribution in [0.1, 0.15) is 29.8 Å². The molecule has 1 aliphatic rings. The lowest BCUT2D eigenvalue weighted by molar-refractivity contribution is 0.656. The topological polar surface area (TPSA) is 43.8 Å². The number of fused-ring (bicyclic) bond motifs is 1. The summed E-state index contributed by atoms with van der Waals surface area (Å²) in [7, 11) is 0. The molecule has 1 aliphatic carbocycles. The van der Waals surface area contributed by atoms with Crippen LogP contribution in [0.25, 0.3) is 5.69 Å². The second-order valence-corrected chi connectivity index (χ2v) is 6.04. The highest BCUT2D eigenvalue weighted by Crippen LogP contribution is 2.28. The molecular formula is C14H14BrN3S. The van der Waals surface area contributed by atoms with E-state index in [2.05, 4.69) is 25.5 Å². The molecule has 5 heteroatoms. The van der Waals surface area contributed by atoms with Gasteiger partial charge in [-0.3, -0.25) is 0 Å². The van der Waals surface area contributed by atoms with E-state index in [9.17, 15) is 0 Å². The molecule has 0 saturated heterocycles. The highest BCUT2D eigenvalue weighted by atomic mass is 79.9. The van der Waals surface area contributed by atoms with E-state index < -0.39 is 0 Å². The average molecular weight is 336 g/mol. The summed E-state index contributed by atoms with van der Waals surface area (Å²) in [6.45, 7) is 0. The van der Waals surface area contributed by atoms with Crippen molar-refractivity contribution in [2.75, 3.05) is 0 Å². The quantitative estimate of drug-likeness (QED) is 0.857. The van der Waals surface area contributed by atoms with Gasteiger partial charge in [0.15, 0.2) is 0 Å². The van der Waals surface area contributed by atoms with Gasteiger partial charge in [0.25, 0.3) is 0 Å². The second kappa shape index (κ2) is 5.06. The highest BCUT2D eigenvalue weighted by Gasteiger charge is 2.17. The Kier molecular flexibility index (Phi) is 3.41. The van der Waals surface area contributed by atoms with Crippen LogP contribution in [-0.2, 0) is 12.8 Å². The van der Waals surface area contributed by atoms with Gasteiger partial charge in [0.05, 0.1) is 17.7 Å². The Morgan fingerprint density at radius 2 is 2.11 bits per heavy atom. The van der Waals surface area contributed by atoms with Crippen molar-refractivity contribution in [2.45, 2.75) is 25.7 Å². The number of nitrogens with two attached hydrogens (primary N) is 1. The van der Waals surface area contributed by atoms with Crippen LogP contribution in [0.15, 0.2) is 29.0 Å². The third-order valence-corrected chi connectivity index (χ3v) is 4.39. The molecule has 3 nitrogen and oxygen atoms in total. The molecule has 0 saturated carbocycles. The number of aryl methyl sites for hydroxylation is 1. The van der Waals surface area contributed by atoms with Crippen LogP contribution in [0.2, 0.25) is 0 Å². The Morgan fingerprint density at radius 3 is 2.84 bits per heavy atom. The number of aromatic nitrogens is 2. The van der Waals surface area contributed by atoms with E-state index in [1.54, 1.807) is 0 Å². The lowest BCUT2D eigenvalue weighted by atomic mass is 10.0. The van der Waals surface area contributed by atoms with Crippen molar-refractivity contribution in [1.82, 2.24) is 9.55 Å². The van der Waals surface area contributed by atoms with Gasteiger partial charge in [-0.1, -0.05) is 12.2 Å². The molecular weight excluding hydrogens is 322 g/mol. The van der Waals surface area contributed by atoms with E-state index >= 15 is 0 Å². The molecule has 1 heterocycles. The first-order chi connectivity index (χ1) is 9.16. The molecule has 98 valence electrons. The maximum atomic E-state index is 5.65. The van der Waals surface area contributed by atoms with Crippen molar-refractivity contribution in [3.63, 3.8) is 0 Å². The lowest BCUT2D eigenvalue weighted by Gasteiger charge is -2.15. The predicted octanol–water partition coefficient (Wildman–Crippen LogP) is 3.15. The van der Waals surface area contributed by atoms with Crippen molar-refractivity contribution < 1.29 is 0 Å². The number of benzene rings is 1. The molecule has 2 aromatic rings. The van der Waals surface area contributed by atoms with Gasteiger partial charge in [0.2, 0.25) is 0 Å². The molecule has 0 aliphatic heterocycles. The number of hydrogen-bond acceptors (Lipinski definition) is 2. The molecule has 2 N–H and O–H groups in total. The Morgan fingerprint density at radius 1 is 1.32 bits per heavy atom. The summed E-state index contributed by atoms with van der Waals surface area (Å²) >= 11 is 8.60. The Labute approximate surface area is 126 Å². The largest absolute Gasteiger partial charge is 0.389 e. The van der Waals surface area contributed by atoms with E-state index in [1.165, 1.54) is 24.2 Å². The first-order valence-electron chi connectivity index (χ1n) is 6.31. The Bertz CT molecular complexity index is 648. The molecule has 0 atom stereocenters. The van der Waals surface area contributed by atoms with Gasteiger partial charge < -0.3 is 10.3 Å². The van der Waals surface area contributed by atoms with Crippen LogP contribution in [0.4, 0.5) is 0 Å². The van der Waals surface area contributed by atoms with Crippen LogP contribution in [0.5, 0.6) is 0 Å². The second-order valence-electron chi connectivity index (χ2n) is 4.75. The fraction of sp³-hybridized carbons (Fsp3) is 0.286. The molecule has 0 amide bonds. The van der Waals surface area contributed by atoms with E-state index in [-0.39, 0.29) is 0 Å². The van der Waals surface area contributed by atoms with Crippen LogP contribution >= 0.6 is 28.1 Å². The zero-order valence-corrected chi connectivity index (χ0v) is 12.8. The summed E-state index contributed by atoms with van der Waals surface area (Å²) in [6, 6.07) is 5.96. The fourth-order valence-corrected chi connectivity index (χ4v) is 3.23. The van der Waals surface area contributed by atoms with Gasteiger partial charge in [-0.25, -0.2) is 4.98 Å². The van der Waals surface area contributed by atoms with Crippen LogP contribution < -0.4 is 5.73 Å². The van der Waals surface area contributed by atoms with Crippen LogP contribution in [0.3, 0.4) is 0 Å². The Hall–Kier alpha value is -1.20. The molecule has 1 aromatic carbocycles. The van der Waals surface area contributed by atoms with Crippen molar-refractivity contribution in [3.05, 3.63) is 46.0 Å². The molecule has 0 bridgehead atoms. The minimum absolute atomic E-state index is 0.417. The monoisotopic (exact) mass is 335 g/mol. The molecule has 3 rings (SSSR count). The van der Waals surface area contributed by atoms with Gasteiger partial charge in [0.1, 0.15) is 4.99 Å². The number of imidazole rings is 1. The van der Waals surface area contributed by atoms with Gasteiger partial charge in [-0.2, -0.15) is 0 Å². The summed E-state index contributed by atoms with van der Waals surface area (Å²) < 4.78 is 3.16. The zero-order valence-electron chi connectivity index (χ0n) is 10.4. The Balaban J connectivity index is 2.07. The minimum Gasteiger partial charge on any atom is -0.389 e. The van der Waals surface area contributed by atoms with Crippen molar-refractivity contribution >= 4 is 33.1 Å². The summed E-state index contributed by atoms with van der Waals surface area (Å²) in [5, 5.41) is 0. The first kappa shape index (κ1) is 12.8. The minimum atomic E-state index is 0.417. The average Bonchev–Trinajstić information content (AvgIpc) is 2.82. The molecule has 1 aromatic heterocycles. The van der Waals surface area contributed by atoms with Crippen LogP contribution in [-0.4, -0.2) is 14.5 Å². The summed E-state index contributed by atoms with van der Waals surface area (Å²) in [4.78, 5) is 4.94. The van der Waals surface area contributed by atoms with E-state index in [4.69, 9.17) is 18.0 Å². The molecule has 0 unspecified atom stereocenters. The number of thiocarbonyl (C=S) groups is 1. The lowest BCUT2D eigenvalue weighted by Crippen LogP contribution is -2.10.